The van der Waals surface area contributed by atoms with Gasteiger partial charge in [0.25, 0.3) is 10.7 Å². The maximum atomic E-state index is 5.69. The molecule has 2 heterocycles. The molecule has 0 aliphatic rings. The lowest BCUT2D eigenvalue weighted by Gasteiger charge is -2.16. The second kappa shape index (κ2) is 7.54. The van der Waals surface area contributed by atoms with Gasteiger partial charge in [-0.15, -0.1) is 16.4 Å². The zero-order valence-corrected chi connectivity index (χ0v) is 14.3. The summed E-state index contributed by atoms with van der Waals surface area (Å²) in [6.45, 7) is 1.92. The Hall–Kier alpha value is -1.96. The molecule has 3 aromatic rings. The van der Waals surface area contributed by atoms with E-state index in [2.05, 4.69) is 10.00 Å². The standard InChI is InChI=1S/C16H17N3O2S2/c1-18(9-10-20-13-6-3-2-4-7-13)12-19-16(22)21-15(17-19)14-8-5-11-23-14/h2-8,11H,9-10,12H2,1H3. The third-order valence-corrected chi connectivity index (χ3v) is 4.35. The van der Waals surface area contributed by atoms with Gasteiger partial charge >= 0.3 is 0 Å². The topological polar surface area (TPSA) is 43.4 Å². The monoisotopic (exact) mass is 347 g/mol. The molecule has 1 aromatic carbocycles. The van der Waals surface area contributed by atoms with Gasteiger partial charge in [-0.3, -0.25) is 4.90 Å². The Morgan fingerprint density at radius 3 is 2.83 bits per heavy atom. The highest BCUT2D eigenvalue weighted by Crippen LogP contribution is 2.23. The molecule has 120 valence electrons. The highest BCUT2D eigenvalue weighted by atomic mass is 32.1. The van der Waals surface area contributed by atoms with E-state index in [1.807, 2.05) is 54.9 Å². The van der Waals surface area contributed by atoms with E-state index < -0.39 is 0 Å². The fourth-order valence-electron chi connectivity index (χ4n) is 2.03. The van der Waals surface area contributed by atoms with E-state index >= 15 is 0 Å². The zero-order valence-electron chi connectivity index (χ0n) is 12.7. The summed E-state index contributed by atoms with van der Waals surface area (Å²) in [6.07, 6.45) is 0. The van der Waals surface area contributed by atoms with Gasteiger partial charge in [0.15, 0.2) is 0 Å². The molecule has 0 atom stereocenters. The molecule has 0 saturated heterocycles. The van der Waals surface area contributed by atoms with Crippen LogP contribution in [-0.4, -0.2) is 34.9 Å². The van der Waals surface area contributed by atoms with Crippen LogP contribution in [0, 0.1) is 4.84 Å². The van der Waals surface area contributed by atoms with Gasteiger partial charge in [0.05, 0.1) is 11.5 Å². The molecule has 0 unspecified atom stereocenters. The highest BCUT2D eigenvalue weighted by Gasteiger charge is 2.10. The predicted molar refractivity (Wildman–Crippen MR) is 93.2 cm³/mol. The fourth-order valence-corrected chi connectivity index (χ4v) is 2.85. The van der Waals surface area contributed by atoms with E-state index in [9.17, 15) is 0 Å². The Balaban J connectivity index is 1.54. The van der Waals surface area contributed by atoms with Crippen LogP contribution in [0.2, 0.25) is 0 Å². The van der Waals surface area contributed by atoms with Crippen molar-refractivity contribution in [3.63, 3.8) is 0 Å². The van der Waals surface area contributed by atoms with E-state index in [1.165, 1.54) is 0 Å². The molecule has 0 saturated carbocycles. The van der Waals surface area contributed by atoms with Crippen LogP contribution in [0.1, 0.15) is 0 Å². The normalized spacial score (nSPS) is 11.0. The van der Waals surface area contributed by atoms with Crippen LogP contribution in [0.15, 0.2) is 52.3 Å². The number of aromatic nitrogens is 2. The van der Waals surface area contributed by atoms with E-state index in [0.29, 0.717) is 24.0 Å². The molecule has 5 nitrogen and oxygen atoms in total. The van der Waals surface area contributed by atoms with Gasteiger partial charge in [-0.2, -0.15) is 0 Å². The SMILES string of the molecule is CN(CCOc1ccccc1)Cn1nc(-c2cccs2)oc1=S. The average molecular weight is 347 g/mol. The number of benzene rings is 1. The third kappa shape index (κ3) is 4.28. The molecule has 2 aromatic heterocycles. The molecule has 23 heavy (non-hydrogen) atoms. The Morgan fingerprint density at radius 1 is 1.26 bits per heavy atom. The summed E-state index contributed by atoms with van der Waals surface area (Å²) in [7, 11) is 2.00. The molecule has 0 amide bonds. The lowest BCUT2D eigenvalue weighted by molar-refractivity contribution is 0.196. The minimum atomic E-state index is 0.379. The summed E-state index contributed by atoms with van der Waals surface area (Å²) in [6, 6.07) is 13.7. The number of thiophene rings is 1. The van der Waals surface area contributed by atoms with Crippen LogP contribution in [0.3, 0.4) is 0 Å². The van der Waals surface area contributed by atoms with E-state index in [0.717, 1.165) is 17.2 Å². The molecule has 0 bridgehead atoms. The first-order valence-electron chi connectivity index (χ1n) is 7.20. The molecule has 3 rings (SSSR count). The molecule has 0 aliphatic carbocycles. The number of rotatable bonds is 7. The van der Waals surface area contributed by atoms with Crippen LogP contribution in [-0.2, 0) is 6.67 Å². The van der Waals surface area contributed by atoms with Crippen molar-refractivity contribution in [1.29, 1.82) is 0 Å². The summed E-state index contributed by atoms with van der Waals surface area (Å²) < 4.78 is 12.9. The minimum absolute atomic E-state index is 0.379. The summed E-state index contributed by atoms with van der Waals surface area (Å²) in [5.41, 5.74) is 0. The first kappa shape index (κ1) is 15.9. The summed E-state index contributed by atoms with van der Waals surface area (Å²) in [5.74, 6) is 1.44. The Morgan fingerprint density at radius 2 is 2.09 bits per heavy atom. The number of para-hydroxylation sites is 1. The average Bonchev–Trinajstić information content (AvgIpc) is 3.19. The van der Waals surface area contributed by atoms with Gasteiger partial charge in [-0.05, 0) is 42.8 Å². The number of hydrogen-bond acceptors (Lipinski definition) is 6. The van der Waals surface area contributed by atoms with Gasteiger partial charge in [0, 0.05) is 6.54 Å². The third-order valence-electron chi connectivity index (χ3n) is 3.20. The number of hydrogen-bond donors (Lipinski definition) is 0. The summed E-state index contributed by atoms with van der Waals surface area (Å²) in [4.78, 5) is 3.44. The quantitative estimate of drug-likeness (QED) is 0.607. The molecule has 0 radical (unpaired) electrons. The van der Waals surface area contributed by atoms with Crippen molar-refractivity contribution in [3.8, 4) is 16.5 Å². The highest BCUT2D eigenvalue weighted by molar-refractivity contribution is 7.71. The molecular formula is C16H17N3O2S2. The van der Waals surface area contributed by atoms with Gasteiger partial charge in [-0.25, -0.2) is 4.68 Å². The first-order chi connectivity index (χ1) is 11.2. The number of ether oxygens (including phenoxy) is 1. The van der Waals surface area contributed by atoms with Crippen LogP contribution in [0.4, 0.5) is 0 Å². The maximum Gasteiger partial charge on any atom is 0.288 e. The van der Waals surface area contributed by atoms with Crippen molar-refractivity contribution in [2.75, 3.05) is 20.2 Å². The van der Waals surface area contributed by atoms with Crippen molar-refractivity contribution >= 4 is 23.6 Å². The predicted octanol–water partition coefficient (Wildman–Crippen LogP) is 3.90. The molecule has 7 heteroatoms. The Kier molecular flexibility index (Phi) is 5.22. The largest absolute Gasteiger partial charge is 0.492 e. The van der Waals surface area contributed by atoms with E-state index in [4.69, 9.17) is 21.4 Å². The van der Waals surface area contributed by atoms with Gasteiger partial charge < -0.3 is 9.15 Å². The van der Waals surface area contributed by atoms with E-state index in [-0.39, 0.29) is 0 Å². The fraction of sp³-hybridized carbons (Fsp3) is 0.250. The molecular weight excluding hydrogens is 330 g/mol. The number of likely N-dealkylation sites (N-methyl/N-ethyl adjacent to an activating group) is 1. The lowest BCUT2D eigenvalue weighted by atomic mass is 10.3. The zero-order chi connectivity index (χ0) is 16.1. The Bertz CT molecular complexity index is 781. The lowest BCUT2D eigenvalue weighted by Crippen LogP contribution is -2.27. The van der Waals surface area contributed by atoms with E-state index in [1.54, 1.807) is 16.0 Å². The van der Waals surface area contributed by atoms with Crippen molar-refractivity contribution in [2.45, 2.75) is 6.67 Å². The molecule has 0 spiro atoms. The molecule has 0 fully saturated rings. The molecule has 0 aliphatic heterocycles. The molecule has 0 N–H and O–H groups in total. The number of nitrogens with zero attached hydrogens (tertiary/aromatic N) is 3. The maximum absolute atomic E-state index is 5.69. The van der Waals surface area contributed by atoms with Crippen LogP contribution in [0.25, 0.3) is 10.8 Å². The minimum Gasteiger partial charge on any atom is -0.492 e. The van der Waals surface area contributed by atoms with Gasteiger partial charge in [0.2, 0.25) is 0 Å². The second-order valence-electron chi connectivity index (χ2n) is 5.03. The summed E-state index contributed by atoms with van der Waals surface area (Å²) >= 11 is 6.81. The van der Waals surface area contributed by atoms with Crippen molar-refractivity contribution < 1.29 is 9.15 Å². The van der Waals surface area contributed by atoms with Crippen molar-refractivity contribution in [3.05, 3.63) is 52.7 Å². The van der Waals surface area contributed by atoms with Crippen LogP contribution >= 0.6 is 23.6 Å². The smallest absolute Gasteiger partial charge is 0.288 e. The van der Waals surface area contributed by atoms with Crippen LogP contribution in [0.5, 0.6) is 5.75 Å². The Labute approximate surface area is 143 Å². The van der Waals surface area contributed by atoms with Crippen LogP contribution < -0.4 is 4.74 Å². The first-order valence-corrected chi connectivity index (χ1v) is 8.49. The van der Waals surface area contributed by atoms with Gasteiger partial charge in [0.1, 0.15) is 12.4 Å². The van der Waals surface area contributed by atoms with Crippen molar-refractivity contribution in [2.24, 2.45) is 0 Å². The second-order valence-corrected chi connectivity index (χ2v) is 6.33. The van der Waals surface area contributed by atoms with Gasteiger partial charge in [-0.1, -0.05) is 24.3 Å². The summed E-state index contributed by atoms with van der Waals surface area (Å²) in [5, 5.41) is 6.42. The van der Waals surface area contributed by atoms with Crippen molar-refractivity contribution in [1.82, 2.24) is 14.7 Å².